The number of benzene rings is 1. The van der Waals surface area contributed by atoms with Gasteiger partial charge in [0, 0.05) is 0 Å². The van der Waals surface area contributed by atoms with Gasteiger partial charge in [0.05, 0.1) is 12.3 Å². The summed E-state index contributed by atoms with van der Waals surface area (Å²) in [5.74, 6) is -1.63. The number of hydrogen-bond acceptors (Lipinski definition) is 7. The van der Waals surface area contributed by atoms with E-state index in [2.05, 4.69) is 5.32 Å². The Bertz CT molecular complexity index is 722. The normalized spacial score (nSPS) is 16.0. The number of carbonyl (C=O) groups is 3. The molecule has 1 heterocycles. The maximum absolute atomic E-state index is 13.1. The number of carboxylic acids is 1. The van der Waals surface area contributed by atoms with E-state index in [4.69, 9.17) is 15.2 Å². The van der Waals surface area contributed by atoms with Crippen molar-refractivity contribution in [1.29, 1.82) is 0 Å². The number of unbranched alkanes of at least 4 members (excludes halogenated alkanes) is 2. The molecule has 1 amide bonds. The number of amides is 1. The van der Waals surface area contributed by atoms with Crippen LogP contribution in [-0.4, -0.2) is 61.3 Å². The molecule has 176 valence electrons. The van der Waals surface area contributed by atoms with Crippen LogP contribution < -0.4 is 20.7 Å². The molecule has 0 radical (unpaired) electrons. The number of carboxylic acid groups (broad SMARTS) is 1. The van der Waals surface area contributed by atoms with Crippen LogP contribution in [0.25, 0.3) is 0 Å². The average Bonchev–Trinajstić information content (AvgIpc) is 2.82. The summed E-state index contributed by atoms with van der Waals surface area (Å²) >= 11 is 0. The van der Waals surface area contributed by atoms with Gasteiger partial charge in [0.2, 0.25) is 5.91 Å². The smallest absolute Gasteiger partial charge is 0.323 e. The molecular weight excluding hydrogens is 449 g/mol. The molecule has 1 aliphatic heterocycles. The molecule has 31 heavy (non-hydrogen) atoms. The first-order chi connectivity index (χ1) is 14.0. The maximum atomic E-state index is 13.1. The number of para-hydroxylation sites is 2. The maximum Gasteiger partial charge on any atom is 0.323 e. The van der Waals surface area contributed by atoms with Crippen molar-refractivity contribution in [3.05, 3.63) is 24.3 Å². The van der Waals surface area contributed by atoms with Gasteiger partial charge in [0.1, 0.15) is 31.0 Å². The summed E-state index contributed by atoms with van der Waals surface area (Å²) in [6.07, 6.45) is 2.94. The molecule has 1 aliphatic rings. The van der Waals surface area contributed by atoms with E-state index in [9.17, 15) is 19.5 Å². The Morgan fingerprint density at radius 2 is 2.00 bits per heavy atom. The second-order valence-corrected chi connectivity index (χ2v) is 6.76. The summed E-state index contributed by atoms with van der Waals surface area (Å²) in [4.78, 5) is 38.0. The molecule has 11 heteroatoms. The molecule has 0 saturated carbocycles. The molecule has 0 aliphatic carbocycles. The Morgan fingerprint density at radius 3 is 2.65 bits per heavy atom. The Labute approximate surface area is 194 Å². The minimum atomic E-state index is -1.14. The number of nitrogens with two attached hydrogens (primary N) is 1. The van der Waals surface area contributed by atoms with E-state index in [0.29, 0.717) is 24.4 Å². The molecule has 0 saturated heterocycles. The van der Waals surface area contributed by atoms with Crippen LogP contribution in [-0.2, 0) is 19.1 Å². The largest absolute Gasteiger partial charge is 0.489 e. The minimum Gasteiger partial charge on any atom is -0.489 e. The number of ether oxygens (including phenoxy) is 2. The summed E-state index contributed by atoms with van der Waals surface area (Å²) in [6, 6.07) is 5.18. The number of carbonyl (C=O) groups excluding carboxylic acids is 2. The zero-order valence-electron chi connectivity index (χ0n) is 17.5. The zero-order valence-corrected chi connectivity index (χ0v) is 19.1. The summed E-state index contributed by atoms with van der Waals surface area (Å²) in [5, 5.41) is 12.3. The molecule has 0 fully saturated rings. The Hall–Kier alpha value is -2.07. The summed E-state index contributed by atoms with van der Waals surface area (Å²) in [5.41, 5.74) is 5.90. The van der Waals surface area contributed by atoms with Gasteiger partial charge in [0.15, 0.2) is 0 Å². The summed E-state index contributed by atoms with van der Waals surface area (Å²) in [6.45, 7) is 2.00. The van der Waals surface area contributed by atoms with Gasteiger partial charge < -0.3 is 20.3 Å². The first-order valence-corrected chi connectivity index (χ1v) is 9.85. The monoisotopic (exact) mass is 479 g/mol. The van der Waals surface area contributed by atoms with Crippen LogP contribution in [0, 0.1) is 0 Å². The van der Waals surface area contributed by atoms with Crippen LogP contribution in [0.2, 0.25) is 0 Å². The quantitative estimate of drug-likeness (QED) is 0.323. The zero-order chi connectivity index (χ0) is 21.2. The number of rotatable bonds is 11. The van der Waals surface area contributed by atoms with Crippen LogP contribution >= 0.6 is 24.8 Å². The van der Waals surface area contributed by atoms with E-state index in [-0.39, 0.29) is 38.0 Å². The van der Waals surface area contributed by atoms with Crippen molar-refractivity contribution in [2.45, 2.75) is 44.7 Å². The molecule has 2 atom stereocenters. The van der Waals surface area contributed by atoms with Gasteiger partial charge in [0.25, 0.3) is 0 Å². The number of halogens is 2. The predicted molar refractivity (Wildman–Crippen MR) is 121 cm³/mol. The van der Waals surface area contributed by atoms with Crippen molar-refractivity contribution in [1.82, 2.24) is 5.32 Å². The van der Waals surface area contributed by atoms with Crippen LogP contribution in [0.15, 0.2) is 24.3 Å². The minimum absolute atomic E-state index is 0. The van der Waals surface area contributed by atoms with Crippen LogP contribution in [0.1, 0.15) is 32.6 Å². The molecule has 1 unspecified atom stereocenters. The molecule has 1 aromatic rings. The molecular formula is C20H31Cl2N3O6. The fourth-order valence-corrected chi connectivity index (χ4v) is 3.20. The molecule has 0 bridgehead atoms. The Kier molecular flexibility index (Phi) is 13.9. The van der Waals surface area contributed by atoms with E-state index in [1.54, 1.807) is 31.2 Å². The number of fused-ring (bicyclic) bond motifs is 1. The third-order valence-corrected chi connectivity index (χ3v) is 4.59. The number of aliphatic carboxylic acids is 1. The van der Waals surface area contributed by atoms with Crippen molar-refractivity contribution >= 4 is 48.3 Å². The third-order valence-electron chi connectivity index (χ3n) is 4.59. The number of nitrogens with one attached hydrogen (secondary N) is 1. The molecule has 4 N–H and O–H groups in total. The van der Waals surface area contributed by atoms with Crippen molar-refractivity contribution in [2.75, 3.05) is 31.2 Å². The Morgan fingerprint density at radius 1 is 1.29 bits per heavy atom. The molecule has 0 spiro atoms. The van der Waals surface area contributed by atoms with Crippen molar-refractivity contribution in [3.63, 3.8) is 0 Å². The van der Waals surface area contributed by atoms with Crippen molar-refractivity contribution < 1.29 is 29.0 Å². The van der Waals surface area contributed by atoms with E-state index in [0.717, 1.165) is 19.3 Å². The standard InChI is InChI=1S/C20H29N3O6.2ClH/c1-2-28-20(27)14(8-4-3-7-11-21)22-15-13-29-17-10-6-5-9-16(17)23(19(15)26)12-18(24)25;;/h5-6,9-10,14-15,22H,2-4,7-8,11-13,21H2,1H3,(H,24,25);2*1H/t14-,15?;;/m0../s1. The van der Waals surface area contributed by atoms with E-state index in [1.165, 1.54) is 4.90 Å². The summed E-state index contributed by atoms with van der Waals surface area (Å²) in [7, 11) is 0. The topological polar surface area (TPSA) is 131 Å². The van der Waals surface area contributed by atoms with Crippen LogP contribution in [0.5, 0.6) is 5.75 Å². The lowest BCUT2D eigenvalue weighted by Gasteiger charge is -2.26. The molecule has 1 aromatic carbocycles. The predicted octanol–water partition coefficient (Wildman–Crippen LogP) is 1.75. The number of nitrogens with zero attached hydrogens (tertiary/aromatic N) is 1. The highest BCUT2D eigenvalue weighted by Gasteiger charge is 2.35. The number of hydrogen-bond donors (Lipinski definition) is 3. The van der Waals surface area contributed by atoms with E-state index >= 15 is 0 Å². The number of esters is 1. The highest BCUT2D eigenvalue weighted by Crippen LogP contribution is 2.31. The van der Waals surface area contributed by atoms with E-state index < -0.39 is 36.5 Å². The molecule has 2 rings (SSSR count). The molecule has 0 aromatic heterocycles. The van der Waals surface area contributed by atoms with Gasteiger partial charge in [-0.15, -0.1) is 24.8 Å². The third kappa shape index (κ3) is 8.53. The van der Waals surface area contributed by atoms with Gasteiger partial charge in [-0.2, -0.15) is 0 Å². The van der Waals surface area contributed by atoms with Gasteiger partial charge in [-0.3, -0.25) is 24.6 Å². The van der Waals surface area contributed by atoms with E-state index in [1.807, 2.05) is 0 Å². The summed E-state index contributed by atoms with van der Waals surface area (Å²) < 4.78 is 10.9. The van der Waals surface area contributed by atoms with Crippen LogP contribution in [0.3, 0.4) is 0 Å². The fourth-order valence-electron chi connectivity index (χ4n) is 3.20. The Balaban J connectivity index is 0.00000450. The van der Waals surface area contributed by atoms with Crippen molar-refractivity contribution in [2.24, 2.45) is 5.73 Å². The highest BCUT2D eigenvalue weighted by atomic mass is 35.5. The second kappa shape index (κ2) is 14.9. The van der Waals surface area contributed by atoms with Crippen LogP contribution in [0.4, 0.5) is 5.69 Å². The highest BCUT2D eigenvalue weighted by molar-refractivity contribution is 6.02. The average molecular weight is 480 g/mol. The lowest BCUT2D eigenvalue weighted by atomic mass is 10.1. The first kappa shape index (κ1) is 28.9. The first-order valence-electron chi connectivity index (χ1n) is 9.85. The lowest BCUT2D eigenvalue weighted by Crippen LogP contribution is -2.54. The van der Waals surface area contributed by atoms with Gasteiger partial charge >= 0.3 is 11.9 Å². The fraction of sp³-hybridized carbons (Fsp3) is 0.550. The molecule has 9 nitrogen and oxygen atoms in total. The lowest BCUT2D eigenvalue weighted by molar-refractivity contribution is -0.146. The van der Waals surface area contributed by atoms with Gasteiger partial charge in [-0.1, -0.05) is 25.0 Å². The van der Waals surface area contributed by atoms with Gasteiger partial charge in [-0.25, -0.2) is 0 Å². The number of anilines is 1. The second-order valence-electron chi connectivity index (χ2n) is 6.76. The van der Waals surface area contributed by atoms with Crippen molar-refractivity contribution in [3.8, 4) is 5.75 Å². The SMILES string of the molecule is CCOC(=O)[C@H](CCCCCN)NC1COc2ccccc2N(CC(=O)O)C1=O.Cl.Cl. The van der Waals surface area contributed by atoms with Gasteiger partial charge in [-0.05, 0) is 38.4 Å².